The molecule has 8 heteroatoms. The number of benzene rings is 2. The van der Waals surface area contributed by atoms with Crippen LogP contribution >= 0.6 is 46.4 Å². The van der Waals surface area contributed by atoms with E-state index in [4.69, 9.17) is 46.4 Å². The molecule has 4 nitrogen and oxygen atoms in total. The molecule has 0 aromatic heterocycles. The second-order valence-corrected chi connectivity index (χ2v) is 9.73. The zero-order valence-corrected chi connectivity index (χ0v) is 20.0. The number of halogens is 4. The van der Waals surface area contributed by atoms with Gasteiger partial charge in [-0.3, -0.25) is 9.80 Å². The highest BCUT2D eigenvalue weighted by molar-refractivity contribution is 6.36. The minimum Gasteiger partial charge on any atom is -0.506 e. The van der Waals surface area contributed by atoms with Gasteiger partial charge in [0.1, 0.15) is 11.5 Å². The van der Waals surface area contributed by atoms with Gasteiger partial charge in [0.15, 0.2) is 0 Å². The number of aromatic hydroxyl groups is 2. The van der Waals surface area contributed by atoms with Gasteiger partial charge in [-0.2, -0.15) is 0 Å². The second-order valence-electron chi connectivity index (χ2n) is 8.04. The molecule has 0 spiro atoms. The van der Waals surface area contributed by atoms with Crippen molar-refractivity contribution in [3.05, 3.63) is 55.5 Å². The van der Waals surface area contributed by atoms with Crippen molar-refractivity contribution < 1.29 is 10.2 Å². The lowest BCUT2D eigenvalue weighted by molar-refractivity contribution is 0.0685. The number of hydrogen-bond donors (Lipinski definition) is 2. The molecule has 0 bridgehead atoms. The molecule has 2 unspecified atom stereocenters. The Morgan fingerprint density at radius 2 is 1.10 bits per heavy atom. The Morgan fingerprint density at radius 1 is 0.733 bits per heavy atom. The molecule has 1 aliphatic carbocycles. The van der Waals surface area contributed by atoms with Crippen molar-refractivity contribution in [2.75, 3.05) is 14.1 Å². The quantitative estimate of drug-likeness (QED) is 0.478. The SMILES string of the molecule is CN(Cc1cc(Cl)cc(Cl)c1O)C1CCCCC1N(C)Cc1cc(Cl)cc(Cl)c1O. The van der Waals surface area contributed by atoms with Crippen molar-refractivity contribution in [1.82, 2.24) is 9.80 Å². The Hall–Kier alpha value is -0.880. The molecule has 2 N–H and O–H groups in total. The molecule has 0 heterocycles. The lowest BCUT2D eigenvalue weighted by Crippen LogP contribution is -2.50. The average Bonchev–Trinajstić information content (AvgIpc) is 2.69. The van der Waals surface area contributed by atoms with Crippen molar-refractivity contribution in [3.8, 4) is 11.5 Å². The zero-order chi connectivity index (χ0) is 22.0. The summed E-state index contributed by atoms with van der Waals surface area (Å²) in [5.41, 5.74) is 1.42. The van der Waals surface area contributed by atoms with E-state index in [0.29, 0.717) is 34.3 Å². The summed E-state index contributed by atoms with van der Waals surface area (Å²) >= 11 is 24.5. The van der Waals surface area contributed by atoms with E-state index in [-0.39, 0.29) is 33.6 Å². The van der Waals surface area contributed by atoms with Crippen molar-refractivity contribution in [3.63, 3.8) is 0 Å². The first kappa shape index (κ1) is 23.8. The van der Waals surface area contributed by atoms with E-state index < -0.39 is 0 Å². The van der Waals surface area contributed by atoms with E-state index >= 15 is 0 Å². The third-order valence-electron chi connectivity index (χ3n) is 5.88. The van der Waals surface area contributed by atoms with Gasteiger partial charge in [0, 0.05) is 46.3 Å². The van der Waals surface area contributed by atoms with Crippen molar-refractivity contribution >= 4 is 46.4 Å². The highest BCUT2D eigenvalue weighted by atomic mass is 35.5. The number of likely N-dealkylation sites (N-methyl/N-ethyl adjacent to an activating group) is 2. The smallest absolute Gasteiger partial charge is 0.138 e. The van der Waals surface area contributed by atoms with Gasteiger partial charge in [-0.1, -0.05) is 59.2 Å². The molecule has 2 aromatic rings. The molecule has 3 rings (SSSR count). The highest BCUT2D eigenvalue weighted by Gasteiger charge is 2.32. The third-order valence-corrected chi connectivity index (χ3v) is 6.89. The third kappa shape index (κ3) is 5.48. The van der Waals surface area contributed by atoms with Gasteiger partial charge in [0.05, 0.1) is 10.0 Å². The van der Waals surface area contributed by atoms with Gasteiger partial charge in [-0.15, -0.1) is 0 Å². The van der Waals surface area contributed by atoms with Crippen LogP contribution < -0.4 is 0 Å². The number of nitrogens with zero attached hydrogens (tertiary/aromatic N) is 2. The van der Waals surface area contributed by atoms with Crippen LogP contribution in [0.1, 0.15) is 36.8 Å². The highest BCUT2D eigenvalue weighted by Crippen LogP contribution is 2.36. The van der Waals surface area contributed by atoms with E-state index in [1.54, 1.807) is 24.3 Å². The summed E-state index contributed by atoms with van der Waals surface area (Å²) < 4.78 is 0. The Morgan fingerprint density at radius 3 is 1.47 bits per heavy atom. The maximum atomic E-state index is 10.3. The summed E-state index contributed by atoms with van der Waals surface area (Å²) in [6.07, 6.45) is 4.39. The Balaban J connectivity index is 1.77. The van der Waals surface area contributed by atoms with Crippen LogP contribution in [0.5, 0.6) is 11.5 Å². The monoisotopic (exact) mass is 490 g/mol. The van der Waals surface area contributed by atoms with Crippen LogP contribution in [0.15, 0.2) is 24.3 Å². The van der Waals surface area contributed by atoms with Crippen molar-refractivity contribution in [1.29, 1.82) is 0 Å². The first-order chi connectivity index (χ1) is 14.2. The van der Waals surface area contributed by atoms with Crippen LogP contribution in [0.4, 0.5) is 0 Å². The maximum absolute atomic E-state index is 10.3. The fourth-order valence-corrected chi connectivity index (χ4v) is 5.44. The number of phenols is 2. The molecular formula is C22H26Cl4N2O2. The van der Waals surface area contributed by atoms with Crippen LogP contribution in [0.2, 0.25) is 20.1 Å². The number of hydrogen-bond acceptors (Lipinski definition) is 4. The summed E-state index contributed by atoms with van der Waals surface area (Å²) in [6, 6.07) is 7.15. The lowest BCUT2D eigenvalue weighted by Gasteiger charge is -2.42. The predicted molar refractivity (Wildman–Crippen MR) is 125 cm³/mol. The summed E-state index contributed by atoms with van der Waals surface area (Å²) in [4.78, 5) is 4.49. The maximum Gasteiger partial charge on any atom is 0.138 e. The molecule has 164 valence electrons. The van der Waals surface area contributed by atoms with Gasteiger partial charge in [0.25, 0.3) is 0 Å². The Bertz CT molecular complexity index is 836. The molecule has 1 fully saturated rings. The predicted octanol–water partition coefficient (Wildman–Crippen LogP) is 6.59. The molecule has 1 saturated carbocycles. The summed E-state index contributed by atoms with van der Waals surface area (Å²) in [7, 11) is 4.11. The van der Waals surface area contributed by atoms with Crippen LogP contribution in [-0.2, 0) is 13.1 Å². The Kier molecular flexibility index (Phi) is 8.05. The fraction of sp³-hybridized carbons (Fsp3) is 0.455. The molecule has 0 amide bonds. The van der Waals surface area contributed by atoms with Gasteiger partial charge < -0.3 is 10.2 Å². The number of rotatable bonds is 6. The first-order valence-electron chi connectivity index (χ1n) is 9.91. The van der Waals surface area contributed by atoms with Crippen LogP contribution in [0.25, 0.3) is 0 Å². The topological polar surface area (TPSA) is 46.9 Å². The van der Waals surface area contributed by atoms with Gasteiger partial charge in [0.2, 0.25) is 0 Å². The van der Waals surface area contributed by atoms with Crippen molar-refractivity contribution in [2.45, 2.75) is 50.9 Å². The van der Waals surface area contributed by atoms with Gasteiger partial charge in [-0.25, -0.2) is 0 Å². The Labute approximate surface area is 197 Å². The van der Waals surface area contributed by atoms with Crippen molar-refractivity contribution in [2.24, 2.45) is 0 Å². The average molecular weight is 492 g/mol. The lowest BCUT2D eigenvalue weighted by atomic mass is 9.88. The minimum absolute atomic E-state index is 0.0760. The standard InChI is InChI=1S/C22H26Cl4N2O2/c1-27(11-13-7-15(23)9-17(25)21(13)29)19-5-3-4-6-20(19)28(2)12-14-8-16(24)10-18(26)22(14)30/h7-10,19-20,29-30H,3-6,11-12H2,1-2H3. The van der Waals surface area contributed by atoms with Gasteiger partial charge >= 0.3 is 0 Å². The molecule has 1 aliphatic rings. The van der Waals surface area contributed by atoms with E-state index in [1.165, 1.54) is 0 Å². The summed E-state index contributed by atoms with van der Waals surface area (Å²) in [5.74, 6) is 0.152. The van der Waals surface area contributed by atoms with E-state index in [9.17, 15) is 10.2 Å². The molecule has 0 saturated heterocycles. The van der Waals surface area contributed by atoms with E-state index in [0.717, 1.165) is 25.7 Å². The molecule has 0 aliphatic heterocycles. The minimum atomic E-state index is 0.0760. The van der Waals surface area contributed by atoms with Crippen LogP contribution in [0.3, 0.4) is 0 Å². The summed E-state index contributed by atoms with van der Waals surface area (Å²) in [5, 5.41) is 22.2. The molecule has 30 heavy (non-hydrogen) atoms. The van der Waals surface area contributed by atoms with E-state index in [2.05, 4.69) is 23.9 Å². The zero-order valence-electron chi connectivity index (χ0n) is 17.0. The van der Waals surface area contributed by atoms with Gasteiger partial charge in [-0.05, 0) is 51.2 Å². The molecule has 2 aromatic carbocycles. The largest absolute Gasteiger partial charge is 0.506 e. The normalized spacial score (nSPS) is 19.6. The molecular weight excluding hydrogens is 466 g/mol. The summed E-state index contributed by atoms with van der Waals surface area (Å²) in [6.45, 7) is 1.07. The van der Waals surface area contributed by atoms with Crippen LogP contribution in [-0.4, -0.2) is 46.2 Å². The molecule has 2 atom stereocenters. The van der Waals surface area contributed by atoms with E-state index in [1.807, 2.05) is 0 Å². The molecule has 0 radical (unpaired) electrons. The second kappa shape index (κ2) is 10.2. The first-order valence-corrected chi connectivity index (χ1v) is 11.4. The number of phenolic OH excluding ortho intramolecular Hbond substituents is 2. The fourth-order valence-electron chi connectivity index (χ4n) is 4.37. The van der Waals surface area contributed by atoms with Crippen LogP contribution in [0, 0.1) is 0 Å².